The van der Waals surface area contributed by atoms with E-state index >= 15 is 0 Å². The van der Waals surface area contributed by atoms with E-state index in [0.29, 0.717) is 32.9 Å². The molecule has 1 N–H and O–H groups in total. The fourth-order valence-electron chi connectivity index (χ4n) is 3.73. The molecule has 0 saturated carbocycles. The van der Waals surface area contributed by atoms with E-state index in [1.165, 1.54) is 22.5 Å². The molecular weight excluding hydrogens is 466 g/mol. The maximum absolute atomic E-state index is 12.9. The molecule has 5 aromatic rings. The summed E-state index contributed by atoms with van der Waals surface area (Å²) in [5, 5.41) is 9.00. The summed E-state index contributed by atoms with van der Waals surface area (Å²) in [5.41, 5.74) is 4.58. The number of thiazole rings is 1. The molecule has 2 aromatic heterocycles. The Morgan fingerprint density at radius 3 is 2.56 bits per heavy atom. The van der Waals surface area contributed by atoms with Crippen molar-refractivity contribution in [3.63, 3.8) is 0 Å². The molecule has 0 aliphatic rings. The van der Waals surface area contributed by atoms with Crippen molar-refractivity contribution in [1.29, 1.82) is 0 Å². The van der Waals surface area contributed by atoms with Crippen LogP contribution in [-0.4, -0.2) is 16.0 Å². The molecule has 0 spiro atoms. The molecule has 0 atom stereocenters. The number of hydrogen-bond donors (Lipinski definition) is 1. The van der Waals surface area contributed by atoms with Crippen LogP contribution in [0.2, 0.25) is 5.02 Å². The molecule has 0 unspecified atom stereocenters. The van der Waals surface area contributed by atoms with Crippen molar-refractivity contribution in [2.45, 2.75) is 26.2 Å². The van der Waals surface area contributed by atoms with E-state index in [0.717, 1.165) is 22.2 Å². The van der Waals surface area contributed by atoms with Crippen LogP contribution in [0.5, 0.6) is 0 Å². The van der Waals surface area contributed by atoms with E-state index < -0.39 is 0 Å². The highest BCUT2D eigenvalue weighted by Crippen LogP contribution is 2.30. The lowest BCUT2D eigenvalue weighted by Crippen LogP contribution is -2.11. The molecule has 7 heteroatoms. The van der Waals surface area contributed by atoms with Crippen LogP contribution in [0, 0.1) is 0 Å². The summed E-state index contributed by atoms with van der Waals surface area (Å²) in [6, 6.07) is 21.3. The van der Waals surface area contributed by atoms with E-state index in [-0.39, 0.29) is 5.91 Å². The predicted molar refractivity (Wildman–Crippen MR) is 138 cm³/mol. The topological polar surface area (TPSA) is 68.0 Å². The minimum Gasteiger partial charge on any atom is -0.355 e. The van der Waals surface area contributed by atoms with Crippen molar-refractivity contribution in [2.75, 3.05) is 5.32 Å². The van der Waals surface area contributed by atoms with Gasteiger partial charge in [-0.3, -0.25) is 10.1 Å². The third kappa shape index (κ3) is 4.74. The van der Waals surface area contributed by atoms with Gasteiger partial charge in [-0.05, 0) is 59.5 Å². The molecule has 2 heterocycles. The zero-order valence-electron chi connectivity index (χ0n) is 18.7. The molecule has 0 radical (unpaired) electrons. The van der Waals surface area contributed by atoms with Crippen LogP contribution in [0.4, 0.5) is 5.13 Å². The third-order valence-corrected chi connectivity index (χ3v) is 6.81. The normalized spacial score (nSPS) is 11.3. The number of rotatable bonds is 6. The van der Waals surface area contributed by atoms with Gasteiger partial charge in [0.1, 0.15) is 5.52 Å². The van der Waals surface area contributed by atoms with Crippen molar-refractivity contribution in [3.05, 3.63) is 99.5 Å². The maximum Gasteiger partial charge on any atom is 0.257 e. The number of fused-ring (bicyclic) bond motifs is 1. The minimum atomic E-state index is -0.229. The number of anilines is 1. The molecule has 0 bridgehead atoms. The number of nitrogens with zero attached hydrogens (tertiary/aromatic N) is 2. The highest BCUT2D eigenvalue weighted by Gasteiger charge is 2.15. The van der Waals surface area contributed by atoms with Gasteiger partial charge in [0.15, 0.2) is 10.9 Å². The second-order valence-electron chi connectivity index (χ2n) is 8.41. The number of aromatic nitrogens is 2. The molecular formula is C27H22ClN3O2S. The van der Waals surface area contributed by atoms with Crippen LogP contribution in [0.1, 0.15) is 46.1 Å². The number of halogens is 1. The zero-order chi connectivity index (χ0) is 23.7. The summed E-state index contributed by atoms with van der Waals surface area (Å²) in [7, 11) is 0. The lowest BCUT2D eigenvalue weighted by atomic mass is 10.0. The molecule has 0 fully saturated rings. The highest BCUT2D eigenvalue weighted by molar-refractivity contribution is 7.15. The quantitative estimate of drug-likeness (QED) is 0.268. The summed E-state index contributed by atoms with van der Waals surface area (Å²) >= 11 is 7.48. The van der Waals surface area contributed by atoms with Gasteiger partial charge in [-0.1, -0.05) is 54.9 Å². The molecule has 170 valence electrons. The van der Waals surface area contributed by atoms with Gasteiger partial charge in [0.25, 0.3) is 5.91 Å². The summed E-state index contributed by atoms with van der Waals surface area (Å²) < 4.78 is 5.54. The average molecular weight is 488 g/mol. The fourth-order valence-corrected chi connectivity index (χ4v) is 4.70. The van der Waals surface area contributed by atoms with Gasteiger partial charge in [-0.25, -0.2) is 4.98 Å². The summed E-state index contributed by atoms with van der Waals surface area (Å²) in [4.78, 5) is 18.4. The lowest BCUT2D eigenvalue weighted by molar-refractivity contribution is 0.102. The van der Waals surface area contributed by atoms with Crippen molar-refractivity contribution < 1.29 is 9.32 Å². The van der Waals surface area contributed by atoms with Crippen LogP contribution in [-0.2, 0) is 6.42 Å². The van der Waals surface area contributed by atoms with E-state index in [9.17, 15) is 4.79 Å². The van der Waals surface area contributed by atoms with E-state index in [1.807, 2.05) is 18.3 Å². The molecule has 0 aliphatic carbocycles. The molecule has 34 heavy (non-hydrogen) atoms. The van der Waals surface area contributed by atoms with Crippen molar-refractivity contribution in [3.8, 4) is 11.3 Å². The van der Waals surface area contributed by atoms with Gasteiger partial charge in [0.05, 0.1) is 5.39 Å². The SMILES string of the molecule is CC(C)c1ccc(Cc2cnc(NC(=O)c3ccc4noc(-c5ccc(Cl)cc5)c4c3)s2)cc1. The summed E-state index contributed by atoms with van der Waals surface area (Å²) in [6.07, 6.45) is 2.60. The number of hydrogen-bond acceptors (Lipinski definition) is 5. The first-order chi connectivity index (χ1) is 16.5. The largest absolute Gasteiger partial charge is 0.355 e. The minimum absolute atomic E-state index is 0.229. The Hall–Kier alpha value is -3.48. The number of amides is 1. The molecule has 5 nitrogen and oxygen atoms in total. The first-order valence-corrected chi connectivity index (χ1v) is 12.2. The van der Waals surface area contributed by atoms with Crippen molar-refractivity contribution in [2.24, 2.45) is 0 Å². The monoisotopic (exact) mass is 487 g/mol. The Labute approximate surface area is 206 Å². The Morgan fingerprint density at radius 1 is 1.06 bits per heavy atom. The molecule has 1 amide bonds. The second-order valence-corrected chi connectivity index (χ2v) is 9.96. The highest BCUT2D eigenvalue weighted by atomic mass is 35.5. The van der Waals surface area contributed by atoms with Gasteiger partial charge < -0.3 is 4.52 Å². The number of carbonyl (C=O) groups is 1. The van der Waals surface area contributed by atoms with Crippen molar-refractivity contribution >= 4 is 44.9 Å². The third-order valence-electron chi connectivity index (χ3n) is 5.64. The Balaban J connectivity index is 1.31. The van der Waals surface area contributed by atoms with E-state index in [1.54, 1.807) is 30.3 Å². The second kappa shape index (κ2) is 9.41. The van der Waals surface area contributed by atoms with Gasteiger partial charge in [0, 0.05) is 33.6 Å². The molecule has 5 rings (SSSR count). The molecule has 0 aliphatic heterocycles. The van der Waals surface area contributed by atoms with Crippen LogP contribution < -0.4 is 5.32 Å². The smallest absolute Gasteiger partial charge is 0.257 e. The van der Waals surface area contributed by atoms with E-state index in [2.05, 4.69) is 53.6 Å². The van der Waals surface area contributed by atoms with E-state index in [4.69, 9.17) is 16.1 Å². The zero-order valence-corrected chi connectivity index (χ0v) is 20.3. The summed E-state index contributed by atoms with van der Waals surface area (Å²) in [6.45, 7) is 4.37. The maximum atomic E-state index is 12.9. The molecule has 3 aromatic carbocycles. The first-order valence-electron chi connectivity index (χ1n) is 11.0. The number of nitrogens with one attached hydrogen (secondary N) is 1. The first kappa shape index (κ1) is 22.3. The average Bonchev–Trinajstić information content (AvgIpc) is 3.46. The van der Waals surface area contributed by atoms with Crippen molar-refractivity contribution in [1.82, 2.24) is 10.1 Å². The number of carbonyl (C=O) groups excluding carboxylic acids is 1. The standard InChI is InChI=1S/C27H22ClN3O2S/c1-16(2)18-5-3-17(4-6-18)13-22-15-29-27(34-22)30-26(32)20-9-12-24-23(14-20)25(33-31-24)19-7-10-21(28)11-8-19/h3-12,14-16H,13H2,1-2H3,(H,29,30,32). The Bertz CT molecular complexity index is 1450. The Morgan fingerprint density at radius 2 is 1.82 bits per heavy atom. The van der Waals surface area contributed by atoms with Crippen LogP contribution in [0.25, 0.3) is 22.2 Å². The summed E-state index contributed by atoms with van der Waals surface area (Å²) in [5.74, 6) is 0.882. The van der Waals surface area contributed by atoms with Crippen LogP contribution in [0.15, 0.2) is 77.4 Å². The molecule has 0 saturated heterocycles. The van der Waals surface area contributed by atoms with Gasteiger partial charge >= 0.3 is 0 Å². The van der Waals surface area contributed by atoms with Crippen LogP contribution >= 0.6 is 22.9 Å². The Kier molecular flexibility index (Phi) is 6.18. The predicted octanol–water partition coefficient (Wildman–Crippen LogP) is 7.57. The van der Waals surface area contributed by atoms with Gasteiger partial charge in [-0.2, -0.15) is 0 Å². The fraction of sp³-hybridized carbons (Fsp3) is 0.148. The van der Waals surface area contributed by atoms with Gasteiger partial charge in [-0.15, -0.1) is 11.3 Å². The van der Waals surface area contributed by atoms with Crippen LogP contribution in [0.3, 0.4) is 0 Å². The van der Waals surface area contributed by atoms with Gasteiger partial charge in [0.2, 0.25) is 0 Å². The number of benzene rings is 3. The lowest BCUT2D eigenvalue weighted by Gasteiger charge is -2.06.